The van der Waals surface area contributed by atoms with Gasteiger partial charge in [-0.1, -0.05) is 36.4 Å². The average Bonchev–Trinajstić information content (AvgIpc) is 3.39. The lowest BCUT2D eigenvalue weighted by Crippen LogP contribution is -2.33. The maximum Gasteiger partial charge on any atom is 0.248 e. The number of nitrogens with one attached hydrogen (secondary N) is 1. The summed E-state index contributed by atoms with van der Waals surface area (Å²) in [6, 6.07) is 17.4. The number of benzene rings is 2. The molecule has 2 saturated carbocycles. The number of hydrogen-bond acceptors (Lipinski definition) is 3. The summed E-state index contributed by atoms with van der Waals surface area (Å²) < 4.78 is 0. The van der Waals surface area contributed by atoms with Gasteiger partial charge in [-0.15, -0.1) is 0 Å². The maximum atomic E-state index is 13.5. The highest BCUT2D eigenvalue weighted by Crippen LogP contribution is 2.61. The SMILES string of the molecule is Cc1cc(=O)[nH]c2cc(N3C(=O)[C@@H]4[C@H]5C[C@@H]([C@@H]4C3=O)[C@@H](c3ccccc3)C5)ccc12. The lowest BCUT2D eigenvalue weighted by Gasteiger charge is -2.28. The minimum absolute atomic E-state index is 0.0710. The van der Waals surface area contributed by atoms with E-state index in [1.807, 2.05) is 37.3 Å². The number of H-pyrrole nitrogens is 1. The molecule has 3 aliphatic rings. The van der Waals surface area contributed by atoms with Crippen molar-refractivity contribution in [2.45, 2.75) is 25.7 Å². The van der Waals surface area contributed by atoms with Crippen molar-refractivity contribution in [2.24, 2.45) is 23.7 Å². The van der Waals surface area contributed by atoms with Crippen molar-refractivity contribution in [3.8, 4) is 0 Å². The molecule has 30 heavy (non-hydrogen) atoms. The number of imide groups is 1. The number of carbonyl (C=O) groups excluding carboxylic acids is 2. The average molecular weight is 398 g/mol. The Labute approximate surface area is 173 Å². The first-order valence-corrected chi connectivity index (χ1v) is 10.6. The van der Waals surface area contributed by atoms with Crippen LogP contribution in [0.5, 0.6) is 0 Å². The first-order chi connectivity index (χ1) is 14.5. The summed E-state index contributed by atoms with van der Waals surface area (Å²) in [5, 5.41) is 0.918. The van der Waals surface area contributed by atoms with E-state index in [1.54, 1.807) is 12.1 Å². The Morgan fingerprint density at radius 3 is 2.47 bits per heavy atom. The number of anilines is 1. The number of hydrogen-bond donors (Lipinski definition) is 1. The van der Waals surface area contributed by atoms with Gasteiger partial charge in [0.15, 0.2) is 0 Å². The summed E-state index contributed by atoms with van der Waals surface area (Å²) in [6.07, 6.45) is 1.94. The molecule has 150 valence electrons. The molecule has 2 aliphatic carbocycles. The number of carbonyl (C=O) groups is 2. The van der Waals surface area contributed by atoms with E-state index in [4.69, 9.17) is 0 Å². The number of nitrogens with zero attached hydrogens (tertiary/aromatic N) is 1. The van der Waals surface area contributed by atoms with E-state index < -0.39 is 0 Å². The molecular formula is C25H22N2O3. The highest BCUT2D eigenvalue weighted by molar-refractivity contribution is 6.23. The molecule has 0 unspecified atom stereocenters. The van der Waals surface area contributed by atoms with Crippen molar-refractivity contribution in [3.63, 3.8) is 0 Å². The van der Waals surface area contributed by atoms with E-state index in [2.05, 4.69) is 17.1 Å². The van der Waals surface area contributed by atoms with Gasteiger partial charge in [-0.3, -0.25) is 14.4 Å². The molecule has 1 saturated heterocycles. The second-order valence-corrected chi connectivity index (χ2v) is 9.02. The predicted molar refractivity (Wildman–Crippen MR) is 114 cm³/mol. The molecule has 6 rings (SSSR count). The Morgan fingerprint density at radius 2 is 1.67 bits per heavy atom. The molecule has 2 heterocycles. The van der Waals surface area contributed by atoms with E-state index in [-0.39, 0.29) is 41.0 Å². The number of fused-ring (bicyclic) bond motifs is 6. The first kappa shape index (κ1) is 17.6. The second-order valence-electron chi connectivity index (χ2n) is 9.02. The molecule has 1 aromatic heterocycles. The van der Waals surface area contributed by atoms with Gasteiger partial charge < -0.3 is 4.98 Å². The highest BCUT2D eigenvalue weighted by atomic mass is 16.2. The zero-order chi connectivity index (χ0) is 20.6. The largest absolute Gasteiger partial charge is 0.322 e. The normalized spacial score (nSPS) is 29.8. The van der Waals surface area contributed by atoms with Crippen LogP contribution in [-0.2, 0) is 9.59 Å². The zero-order valence-electron chi connectivity index (χ0n) is 16.7. The maximum absolute atomic E-state index is 13.5. The number of aromatic nitrogens is 1. The Morgan fingerprint density at radius 1 is 0.900 bits per heavy atom. The monoisotopic (exact) mass is 398 g/mol. The van der Waals surface area contributed by atoms with E-state index in [1.165, 1.54) is 10.5 Å². The molecule has 0 spiro atoms. The summed E-state index contributed by atoms with van der Waals surface area (Å²) in [5.74, 6) is 0.277. The van der Waals surface area contributed by atoms with E-state index >= 15 is 0 Å². The summed E-state index contributed by atoms with van der Waals surface area (Å²) in [5.41, 5.74) is 3.18. The molecule has 3 fully saturated rings. The summed E-state index contributed by atoms with van der Waals surface area (Å²) in [7, 11) is 0. The minimum atomic E-state index is -0.228. The van der Waals surface area contributed by atoms with Gasteiger partial charge >= 0.3 is 0 Å². The molecule has 3 aromatic rings. The van der Waals surface area contributed by atoms with Crippen LogP contribution in [-0.4, -0.2) is 16.8 Å². The Kier molecular flexibility index (Phi) is 3.61. The van der Waals surface area contributed by atoms with Crippen LogP contribution in [0.2, 0.25) is 0 Å². The highest BCUT2D eigenvalue weighted by Gasteiger charge is 2.64. The van der Waals surface area contributed by atoms with Gasteiger partial charge in [0.25, 0.3) is 0 Å². The third-order valence-corrected chi connectivity index (χ3v) is 7.53. The van der Waals surface area contributed by atoms with Crippen molar-refractivity contribution < 1.29 is 9.59 Å². The third-order valence-electron chi connectivity index (χ3n) is 7.53. The number of rotatable bonds is 2. The minimum Gasteiger partial charge on any atom is -0.322 e. The van der Waals surface area contributed by atoms with Gasteiger partial charge in [0.2, 0.25) is 17.4 Å². The van der Waals surface area contributed by atoms with Crippen LogP contribution >= 0.6 is 0 Å². The van der Waals surface area contributed by atoms with Crippen molar-refractivity contribution in [2.75, 3.05) is 4.90 Å². The number of pyridine rings is 1. The van der Waals surface area contributed by atoms with Crippen molar-refractivity contribution in [3.05, 3.63) is 76.1 Å². The van der Waals surface area contributed by atoms with Crippen molar-refractivity contribution >= 4 is 28.4 Å². The number of aromatic amines is 1. The lowest BCUT2D eigenvalue weighted by atomic mass is 9.73. The fourth-order valence-electron chi connectivity index (χ4n) is 6.36. The van der Waals surface area contributed by atoms with E-state index in [9.17, 15) is 14.4 Å². The molecule has 5 atom stereocenters. The molecule has 1 N–H and O–H groups in total. The van der Waals surface area contributed by atoms with E-state index in [0.29, 0.717) is 17.1 Å². The van der Waals surface area contributed by atoms with Crippen LogP contribution in [0.1, 0.15) is 29.9 Å². The summed E-state index contributed by atoms with van der Waals surface area (Å²) in [6.45, 7) is 1.88. The second kappa shape index (κ2) is 6.14. The number of amides is 2. The van der Waals surface area contributed by atoms with Gasteiger partial charge in [-0.05, 0) is 60.8 Å². The molecule has 1 aliphatic heterocycles. The van der Waals surface area contributed by atoms with Crippen LogP contribution in [0, 0.1) is 30.6 Å². The Bertz CT molecular complexity index is 1260. The topological polar surface area (TPSA) is 70.2 Å². The van der Waals surface area contributed by atoms with Crippen LogP contribution in [0.15, 0.2) is 59.4 Å². The van der Waals surface area contributed by atoms with Gasteiger partial charge in [-0.2, -0.15) is 0 Å². The molecule has 5 nitrogen and oxygen atoms in total. The standard InChI is InChI=1S/C25H22N2O3/c1-13-9-21(28)26-20-12-16(7-8-17(13)20)27-24(29)22-15-10-18(14-5-3-2-4-6-14)19(11-15)23(22)25(27)30/h2-9,12,15,18-19,22-23H,10-11H2,1H3,(H,26,28)/t15-,18-,19-,22-,23+/m1/s1. The predicted octanol–water partition coefficient (Wildman–Crippen LogP) is 3.77. The van der Waals surface area contributed by atoms with Crippen LogP contribution in [0.4, 0.5) is 5.69 Å². The Hall–Kier alpha value is -3.21. The quantitative estimate of drug-likeness (QED) is 0.668. The Balaban J connectivity index is 1.38. The van der Waals surface area contributed by atoms with E-state index in [0.717, 1.165) is 23.8 Å². The van der Waals surface area contributed by atoms with Crippen LogP contribution in [0.3, 0.4) is 0 Å². The zero-order valence-corrected chi connectivity index (χ0v) is 16.7. The molecule has 2 aromatic carbocycles. The molecule has 2 bridgehead atoms. The van der Waals surface area contributed by atoms with Crippen molar-refractivity contribution in [1.29, 1.82) is 0 Å². The first-order valence-electron chi connectivity index (χ1n) is 10.6. The summed E-state index contributed by atoms with van der Waals surface area (Å²) in [4.78, 5) is 42.9. The fourth-order valence-corrected chi connectivity index (χ4v) is 6.36. The van der Waals surface area contributed by atoms with Gasteiger partial charge in [0.05, 0.1) is 23.0 Å². The smallest absolute Gasteiger partial charge is 0.248 e. The number of aryl methyl sites for hydroxylation is 1. The third kappa shape index (κ3) is 2.32. The van der Waals surface area contributed by atoms with Gasteiger partial charge in [0.1, 0.15) is 0 Å². The van der Waals surface area contributed by atoms with Gasteiger partial charge in [0, 0.05) is 11.5 Å². The lowest BCUT2D eigenvalue weighted by molar-refractivity contribution is -0.123. The van der Waals surface area contributed by atoms with Crippen molar-refractivity contribution in [1.82, 2.24) is 4.98 Å². The van der Waals surface area contributed by atoms with Gasteiger partial charge in [-0.25, -0.2) is 4.90 Å². The molecule has 0 radical (unpaired) electrons. The molecular weight excluding hydrogens is 376 g/mol. The van der Waals surface area contributed by atoms with Crippen LogP contribution in [0.25, 0.3) is 10.9 Å². The van der Waals surface area contributed by atoms with Crippen LogP contribution < -0.4 is 10.5 Å². The summed E-state index contributed by atoms with van der Waals surface area (Å²) >= 11 is 0. The molecule has 2 amide bonds. The fraction of sp³-hybridized carbons (Fsp3) is 0.320. The molecule has 5 heteroatoms.